The second-order valence-electron chi connectivity index (χ2n) is 7.25. The summed E-state index contributed by atoms with van der Waals surface area (Å²) >= 11 is 1.33. The SMILES string of the molecule is CCOC(=O)c1c(-c2ccc(C)cc2)csc1NC(=O)CCCOc1ccc(C)cc1. The number of aryl methyl sites for hydroxylation is 2. The number of rotatable bonds is 9. The van der Waals surface area contributed by atoms with Crippen molar-refractivity contribution >= 4 is 28.2 Å². The Balaban J connectivity index is 1.64. The lowest BCUT2D eigenvalue weighted by Gasteiger charge is -2.09. The van der Waals surface area contributed by atoms with E-state index < -0.39 is 5.97 Å². The van der Waals surface area contributed by atoms with Crippen molar-refractivity contribution in [2.45, 2.75) is 33.6 Å². The van der Waals surface area contributed by atoms with Crippen molar-refractivity contribution in [3.63, 3.8) is 0 Å². The van der Waals surface area contributed by atoms with Gasteiger partial charge in [-0.05, 0) is 44.9 Å². The quantitative estimate of drug-likeness (QED) is 0.329. The zero-order chi connectivity index (χ0) is 22.2. The summed E-state index contributed by atoms with van der Waals surface area (Å²) in [6.07, 6.45) is 0.872. The maximum absolute atomic E-state index is 12.6. The fourth-order valence-corrected chi connectivity index (χ4v) is 4.02. The average Bonchev–Trinajstić information content (AvgIpc) is 3.16. The fourth-order valence-electron chi connectivity index (χ4n) is 3.05. The Morgan fingerprint density at radius 3 is 2.26 bits per heavy atom. The van der Waals surface area contributed by atoms with Crippen LogP contribution in [0.5, 0.6) is 5.75 Å². The lowest BCUT2D eigenvalue weighted by Crippen LogP contribution is -2.15. The van der Waals surface area contributed by atoms with Gasteiger partial charge in [-0.1, -0.05) is 47.5 Å². The van der Waals surface area contributed by atoms with Crippen LogP contribution in [0.1, 0.15) is 41.3 Å². The highest BCUT2D eigenvalue weighted by Gasteiger charge is 2.22. The van der Waals surface area contributed by atoms with Crippen LogP contribution in [0.4, 0.5) is 5.00 Å². The molecule has 3 rings (SSSR count). The third-order valence-electron chi connectivity index (χ3n) is 4.72. The van der Waals surface area contributed by atoms with E-state index in [1.165, 1.54) is 16.9 Å². The molecule has 0 radical (unpaired) electrons. The number of benzene rings is 2. The number of amides is 1. The molecule has 1 aromatic heterocycles. The van der Waals surface area contributed by atoms with Crippen molar-refractivity contribution in [1.29, 1.82) is 0 Å². The Kier molecular flexibility index (Phi) is 7.84. The maximum Gasteiger partial charge on any atom is 0.341 e. The topological polar surface area (TPSA) is 64.6 Å². The molecule has 0 bridgehead atoms. The average molecular weight is 438 g/mol. The predicted molar refractivity (Wildman–Crippen MR) is 125 cm³/mol. The first-order chi connectivity index (χ1) is 15.0. The molecule has 0 unspecified atom stereocenters. The highest BCUT2D eigenvalue weighted by atomic mass is 32.1. The summed E-state index contributed by atoms with van der Waals surface area (Å²) in [4.78, 5) is 25.1. The van der Waals surface area contributed by atoms with Gasteiger partial charge in [0.1, 0.15) is 16.3 Å². The van der Waals surface area contributed by atoms with E-state index in [9.17, 15) is 9.59 Å². The largest absolute Gasteiger partial charge is 0.494 e. The zero-order valence-corrected chi connectivity index (χ0v) is 18.9. The Morgan fingerprint density at radius 1 is 0.968 bits per heavy atom. The molecule has 5 nitrogen and oxygen atoms in total. The Morgan fingerprint density at radius 2 is 1.61 bits per heavy atom. The first-order valence-electron chi connectivity index (χ1n) is 10.3. The van der Waals surface area contributed by atoms with Gasteiger partial charge in [-0.2, -0.15) is 0 Å². The van der Waals surface area contributed by atoms with Crippen LogP contribution in [0.15, 0.2) is 53.9 Å². The van der Waals surface area contributed by atoms with Gasteiger partial charge in [0.05, 0.1) is 13.2 Å². The molecule has 0 aliphatic heterocycles. The van der Waals surface area contributed by atoms with Crippen molar-refractivity contribution in [3.8, 4) is 16.9 Å². The summed E-state index contributed by atoms with van der Waals surface area (Å²) in [5.74, 6) is 0.198. The number of hydrogen-bond donors (Lipinski definition) is 1. The van der Waals surface area contributed by atoms with E-state index in [4.69, 9.17) is 9.47 Å². The second-order valence-corrected chi connectivity index (χ2v) is 8.13. The molecule has 162 valence electrons. The van der Waals surface area contributed by atoms with Gasteiger partial charge in [-0.15, -0.1) is 11.3 Å². The van der Waals surface area contributed by atoms with E-state index in [0.717, 1.165) is 22.4 Å². The van der Waals surface area contributed by atoms with Gasteiger partial charge >= 0.3 is 5.97 Å². The molecular formula is C25H27NO4S. The summed E-state index contributed by atoms with van der Waals surface area (Å²) in [6, 6.07) is 15.7. The van der Waals surface area contributed by atoms with E-state index in [0.29, 0.717) is 30.0 Å². The number of anilines is 1. The van der Waals surface area contributed by atoms with E-state index in [1.54, 1.807) is 6.92 Å². The Hall–Kier alpha value is -3.12. The molecular weight excluding hydrogens is 410 g/mol. The second kappa shape index (κ2) is 10.8. The molecule has 31 heavy (non-hydrogen) atoms. The molecule has 3 aromatic rings. The van der Waals surface area contributed by atoms with Crippen molar-refractivity contribution in [1.82, 2.24) is 0 Å². The van der Waals surface area contributed by atoms with Gasteiger partial charge in [0, 0.05) is 17.4 Å². The lowest BCUT2D eigenvalue weighted by atomic mass is 10.0. The van der Waals surface area contributed by atoms with Crippen LogP contribution in [0, 0.1) is 13.8 Å². The molecule has 6 heteroatoms. The van der Waals surface area contributed by atoms with Crippen molar-refractivity contribution < 1.29 is 19.1 Å². The van der Waals surface area contributed by atoms with Crippen molar-refractivity contribution in [2.75, 3.05) is 18.5 Å². The fraction of sp³-hybridized carbons (Fsp3) is 0.280. The standard InChI is InChI=1S/C25H27NO4S/c1-4-29-25(28)23-21(19-11-7-17(2)8-12-19)16-31-24(23)26-22(27)6-5-15-30-20-13-9-18(3)10-14-20/h7-14,16H,4-6,15H2,1-3H3,(H,26,27). The number of thiophene rings is 1. The first kappa shape index (κ1) is 22.6. The smallest absolute Gasteiger partial charge is 0.341 e. The van der Waals surface area contributed by atoms with Crippen LogP contribution < -0.4 is 10.1 Å². The number of hydrogen-bond acceptors (Lipinski definition) is 5. The summed E-state index contributed by atoms with van der Waals surface area (Å²) in [6.45, 7) is 6.51. The lowest BCUT2D eigenvalue weighted by molar-refractivity contribution is -0.116. The highest BCUT2D eigenvalue weighted by molar-refractivity contribution is 7.15. The normalized spacial score (nSPS) is 10.5. The van der Waals surface area contributed by atoms with Gasteiger partial charge < -0.3 is 14.8 Å². The van der Waals surface area contributed by atoms with Crippen LogP contribution in [0.25, 0.3) is 11.1 Å². The van der Waals surface area contributed by atoms with Gasteiger partial charge in [-0.3, -0.25) is 4.79 Å². The predicted octanol–water partition coefficient (Wildman–Crippen LogP) is 6.01. The summed E-state index contributed by atoms with van der Waals surface area (Å²) in [7, 11) is 0. The summed E-state index contributed by atoms with van der Waals surface area (Å²) < 4.78 is 10.9. The van der Waals surface area contributed by atoms with Gasteiger partial charge in [0.2, 0.25) is 5.91 Å². The van der Waals surface area contributed by atoms with E-state index >= 15 is 0 Å². The third-order valence-corrected chi connectivity index (χ3v) is 5.62. The number of esters is 1. The molecule has 0 saturated heterocycles. The van der Waals surface area contributed by atoms with E-state index in [2.05, 4.69) is 5.32 Å². The number of nitrogens with one attached hydrogen (secondary N) is 1. The highest BCUT2D eigenvalue weighted by Crippen LogP contribution is 2.36. The van der Waals surface area contributed by atoms with E-state index in [-0.39, 0.29) is 12.5 Å². The molecule has 1 heterocycles. The van der Waals surface area contributed by atoms with Gasteiger partial charge in [0.15, 0.2) is 0 Å². The van der Waals surface area contributed by atoms with Gasteiger partial charge in [0.25, 0.3) is 0 Å². The molecule has 0 aliphatic carbocycles. The van der Waals surface area contributed by atoms with Crippen LogP contribution in [-0.4, -0.2) is 25.1 Å². The monoisotopic (exact) mass is 437 g/mol. The Labute approximate surface area is 187 Å². The molecule has 0 aliphatic rings. The van der Waals surface area contributed by atoms with Crippen LogP contribution in [0.3, 0.4) is 0 Å². The minimum Gasteiger partial charge on any atom is -0.494 e. The summed E-state index contributed by atoms with van der Waals surface area (Å²) in [5, 5.41) is 5.28. The zero-order valence-electron chi connectivity index (χ0n) is 18.1. The number of carbonyl (C=O) groups is 2. The van der Waals surface area contributed by atoms with E-state index in [1.807, 2.05) is 67.8 Å². The molecule has 0 saturated carbocycles. The summed E-state index contributed by atoms with van der Waals surface area (Å²) in [5.41, 5.74) is 4.39. The van der Waals surface area contributed by atoms with Gasteiger partial charge in [-0.25, -0.2) is 4.79 Å². The third kappa shape index (κ3) is 6.18. The molecule has 1 N–H and O–H groups in total. The molecule has 0 atom stereocenters. The molecule has 2 aromatic carbocycles. The Bertz CT molecular complexity index is 1020. The molecule has 1 amide bonds. The van der Waals surface area contributed by atoms with Crippen molar-refractivity contribution in [3.05, 3.63) is 70.6 Å². The van der Waals surface area contributed by atoms with Crippen LogP contribution in [0.2, 0.25) is 0 Å². The first-order valence-corrected chi connectivity index (χ1v) is 11.2. The minimum absolute atomic E-state index is 0.157. The van der Waals surface area contributed by atoms with Crippen LogP contribution in [-0.2, 0) is 9.53 Å². The molecule has 0 spiro atoms. The number of ether oxygens (including phenoxy) is 2. The van der Waals surface area contributed by atoms with Crippen molar-refractivity contribution in [2.24, 2.45) is 0 Å². The maximum atomic E-state index is 12.6. The van der Waals surface area contributed by atoms with Crippen LogP contribution >= 0.6 is 11.3 Å². The number of carbonyl (C=O) groups excluding carboxylic acids is 2. The minimum atomic E-state index is -0.433. The molecule has 0 fully saturated rings.